The van der Waals surface area contributed by atoms with Gasteiger partial charge in [0.15, 0.2) is 5.76 Å². The quantitative estimate of drug-likeness (QED) is 0.484. The SMILES string of the molecule is Cc1nc(-c2ccc(CNC(=O)C(CCS(C)(=O)=O)N3C(=O)c4ccccc4C3=O)o2)cs1. The predicted octanol–water partition coefficient (Wildman–Crippen LogP) is 2.43. The second kappa shape index (κ2) is 8.91. The van der Waals surface area contributed by atoms with Gasteiger partial charge in [0.05, 0.1) is 28.4 Å². The number of hydrogen-bond acceptors (Lipinski definition) is 8. The summed E-state index contributed by atoms with van der Waals surface area (Å²) < 4.78 is 29.2. The van der Waals surface area contributed by atoms with Crippen LogP contribution in [-0.2, 0) is 21.2 Å². The highest BCUT2D eigenvalue weighted by molar-refractivity contribution is 7.90. The molecule has 0 bridgehead atoms. The fraction of sp³-hybridized carbons (Fsp3) is 0.273. The molecule has 0 radical (unpaired) electrons. The molecule has 4 rings (SSSR count). The van der Waals surface area contributed by atoms with Crippen molar-refractivity contribution < 1.29 is 27.2 Å². The highest BCUT2D eigenvalue weighted by Crippen LogP contribution is 2.27. The molecule has 1 unspecified atom stereocenters. The first-order chi connectivity index (χ1) is 15.6. The highest BCUT2D eigenvalue weighted by Gasteiger charge is 2.42. The Hall–Kier alpha value is -3.31. The van der Waals surface area contributed by atoms with Crippen LogP contribution in [0.3, 0.4) is 0 Å². The molecule has 0 spiro atoms. The summed E-state index contributed by atoms with van der Waals surface area (Å²) in [5.74, 6) is -1.24. The molecule has 0 aliphatic carbocycles. The molecule has 1 atom stereocenters. The van der Waals surface area contributed by atoms with Crippen LogP contribution < -0.4 is 5.32 Å². The van der Waals surface area contributed by atoms with Gasteiger partial charge >= 0.3 is 0 Å². The van der Waals surface area contributed by atoms with E-state index in [1.807, 2.05) is 12.3 Å². The van der Waals surface area contributed by atoms with Crippen LogP contribution in [0.4, 0.5) is 0 Å². The van der Waals surface area contributed by atoms with Crippen LogP contribution in [0.5, 0.6) is 0 Å². The highest BCUT2D eigenvalue weighted by atomic mass is 32.2. The average Bonchev–Trinajstić information content (AvgIpc) is 3.47. The van der Waals surface area contributed by atoms with Gasteiger partial charge < -0.3 is 9.73 Å². The van der Waals surface area contributed by atoms with Crippen molar-refractivity contribution in [3.05, 3.63) is 63.7 Å². The van der Waals surface area contributed by atoms with Gasteiger partial charge in [0.1, 0.15) is 27.3 Å². The Balaban J connectivity index is 1.51. The van der Waals surface area contributed by atoms with E-state index in [1.165, 1.54) is 23.5 Å². The van der Waals surface area contributed by atoms with E-state index in [0.29, 0.717) is 17.2 Å². The number of imide groups is 1. The molecule has 2 aromatic heterocycles. The molecule has 3 heterocycles. The number of carbonyl (C=O) groups is 3. The van der Waals surface area contributed by atoms with Gasteiger partial charge in [0.2, 0.25) is 5.91 Å². The first-order valence-corrected chi connectivity index (χ1v) is 13.0. The fourth-order valence-electron chi connectivity index (χ4n) is 3.57. The van der Waals surface area contributed by atoms with Crippen molar-refractivity contribution in [2.24, 2.45) is 0 Å². The number of nitrogens with zero attached hydrogens (tertiary/aromatic N) is 2. The summed E-state index contributed by atoms with van der Waals surface area (Å²) in [7, 11) is -3.43. The molecule has 172 valence electrons. The van der Waals surface area contributed by atoms with Crippen molar-refractivity contribution in [2.75, 3.05) is 12.0 Å². The fourth-order valence-corrected chi connectivity index (χ4v) is 4.83. The Morgan fingerprint density at radius 2 is 1.82 bits per heavy atom. The van der Waals surface area contributed by atoms with Crippen molar-refractivity contribution in [1.29, 1.82) is 0 Å². The third-order valence-electron chi connectivity index (χ3n) is 5.17. The van der Waals surface area contributed by atoms with Crippen LogP contribution in [0.1, 0.15) is 37.9 Å². The van der Waals surface area contributed by atoms with Gasteiger partial charge in [-0.15, -0.1) is 11.3 Å². The Labute approximate surface area is 194 Å². The second-order valence-electron chi connectivity index (χ2n) is 7.70. The molecule has 9 nitrogen and oxygen atoms in total. The van der Waals surface area contributed by atoms with Crippen molar-refractivity contribution in [2.45, 2.75) is 25.9 Å². The first-order valence-electron chi connectivity index (χ1n) is 10.1. The number of benzene rings is 1. The minimum atomic E-state index is -3.43. The van der Waals surface area contributed by atoms with Crippen LogP contribution in [0.2, 0.25) is 0 Å². The summed E-state index contributed by atoms with van der Waals surface area (Å²) >= 11 is 1.49. The number of amides is 3. The summed E-state index contributed by atoms with van der Waals surface area (Å²) in [6.45, 7) is 1.88. The van der Waals surface area contributed by atoms with Crippen LogP contribution in [0.15, 0.2) is 46.2 Å². The standard InChI is InChI=1S/C22H21N3O6S2/c1-13-24-17(12-32-13)19-8-7-14(31-19)11-23-20(26)18(9-10-33(2,29)30)25-21(27)15-5-3-4-6-16(15)22(25)28/h3-8,12,18H,9-11H2,1-2H3,(H,23,26). The third-order valence-corrected chi connectivity index (χ3v) is 6.92. The van der Waals surface area contributed by atoms with Gasteiger partial charge in [-0.05, 0) is 37.6 Å². The monoisotopic (exact) mass is 487 g/mol. The maximum atomic E-state index is 13.0. The molecule has 0 fully saturated rings. The number of thiazole rings is 1. The summed E-state index contributed by atoms with van der Waals surface area (Å²) in [4.78, 5) is 44.0. The Morgan fingerprint density at radius 3 is 2.39 bits per heavy atom. The summed E-state index contributed by atoms with van der Waals surface area (Å²) in [6, 6.07) is 8.41. The largest absolute Gasteiger partial charge is 0.458 e. The maximum absolute atomic E-state index is 13.0. The number of rotatable bonds is 8. The van der Waals surface area contributed by atoms with E-state index in [-0.39, 0.29) is 29.8 Å². The number of hydrogen-bond donors (Lipinski definition) is 1. The first kappa shape index (κ1) is 22.9. The molecule has 1 aliphatic rings. The van der Waals surface area contributed by atoms with Crippen molar-refractivity contribution in [3.8, 4) is 11.5 Å². The molecule has 33 heavy (non-hydrogen) atoms. The lowest BCUT2D eigenvalue weighted by atomic mass is 10.1. The molecule has 3 amide bonds. The van der Waals surface area contributed by atoms with Gasteiger partial charge in [0, 0.05) is 11.6 Å². The number of fused-ring (bicyclic) bond motifs is 1. The topological polar surface area (TPSA) is 127 Å². The number of aromatic nitrogens is 1. The number of nitrogens with one attached hydrogen (secondary N) is 1. The Bertz CT molecular complexity index is 1310. The number of sulfone groups is 1. The molecule has 3 aromatic rings. The minimum Gasteiger partial charge on any atom is -0.458 e. The molecular weight excluding hydrogens is 466 g/mol. The number of furan rings is 1. The van der Waals surface area contributed by atoms with Crippen molar-refractivity contribution >= 4 is 38.9 Å². The zero-order chi connectivity index (χ0) is 23.8. The maximum Gasteiger partial charge on any atom is 0.262 e. The van der Waals surface area contributed by atoms with E-state index >= 15 is 0 Å². The Morgan fingerprint density at radius 1 is 1.15 bits per heavy atom. The van der Waals surface area contributed by atoms with Gasteiger partial charge in [-0.1, -0.05) is 12.1 Å². The normalized spacial score (nSPS) is 14.4. The van der Waals surface area contributed by atoms with Gasteiger partial charge in [-0.25, -0.2) is 13.4 Å². The van der Waals surface area contributed by atoms with Crippen LogP contribution in [-0.4, -0.2) is 54.1 Å². The summed E-state index contributed by atoms with van der Waals surface area (Å²) in [5.41, 5.74) is 1.06. The lowest BCUT2D eigenvalue weighted by Gasteiger charge is -2.25. The van der Waals surface area contributed by atoms with E-state index < -0.39 is 33.6 Å². The van der Waals surface area contributed by atoms with E-state index in [4.69, 9.17) is 4.42 Å². The molecule has 0 saturated carbocycles. The molecule has 11 heteroatoms. The van der Waals surface area contributed by atoms with E-state index in [9.17, 15) is 22.8 Å². The molecule has 1 aliphatic heterocycles. The Kier molecular flexibility index (Phi) is 6.17. The number of aryl methyl sites for hydroxylation is 1. The predicted molar refractivity (Wildman–Crippen MR) is 121 cm³/mol. The lowest BCUT2D eigenvalue weighted by Crippen LogP contribution is -2.50. The van der Waals surface area contributed by atoms with E-state index in [1.54, 1.807) is 24.3 Å². The lowest BCUT2D eigenvalue weighted by molar-refractivity contribution is -0.125. The van der Waals surface area contributed by atoms with Crippen LogP contribution >= 0.6 is 11.3 Å². The second-order valence-corrected chi connectivity index (χ2v) is 11.0. The van der Waals surface area contributed by atoms with E-state index in [2.05, 4.69) is 10.3 Å². The summed E-state index contributed by atoms with van der Waals surface area (Å²) in [5, 5.41) is 5.41. The summed E-state index contributed by atoms with van der Waals surface area (Å²) in [6.07, 6.45) is 0.826. The zero-order valence-corrected chi connectivity index (χ0v) is 19.5. The van der Waals surface area contributed by atoms with Crippen LogP contribution in [0.25, 0.3) is 11.5 Å². The minimum absolute atomic E-state index is 0.000493. The molecule has 0 saturated heterocycles. The smallest absolute Gasteiger partial charge is 0.262 e. The third kappa shape index (κ3) is 4.88. The number of carbonyl (C=O) groups excluding carboxylic acids is 3. The molecular formula is C22H21N3O6S2. The van der Waals surface area contributed by atoms with Gasteiger partial charge in [-0.3, -0.25) is 19.3 Å². The molecule has 1 aromatic carbocycles. The van der Waals surface area contributed by atoms with Crippen molar-refractivity contribution in [1.82, 2.24) is 15.2 Å². The average molecular weight is 488 g/mol. The van der Waals surface area contributed by atoms with Crippen molar-refractivity contribution in [3.63, 3.8) is 0 Å². The van der Waals surface area contributed by atoms with Gasteiger partial charge in [-0.2, -0.15) is 0 Å². The van der Waals surface area contributed by atoms with Gasteiger partial charge in [0.25, 0.3) is 11.8 Å². The van der Waals surface area contributed by atoms with E-state index in [0.717, 1.165) is 16.2 Å². The zero-order valence-electron chi connectivity index (χ0n) is 17.9. The van der Waals surface area contributed by atoms with Crippen LogP contribution in [0, 0.1) is 6.92 Å². The molecule has 1 N–H and O–H groups in total.